The fraction of sp³-hybridized carbons (Fsp3) is 0.296. The number of benzene rings is 2. The molecule has 180 valence electrons. The number of amides is 1. The number of anilines is 1. The molecule has 2 aromatic carbocycles. The molecule has 0 spiro atoms. The van der Waals surface area contributed by atoms with Crippen LogP contribution in [0.1, 0.15) is 41.3 Å². The van der Waals surface area contributed by atoms with E-state index in [-0.39, 0.29) is 18.0 Å². The average molecular weight is 508 g/mol. The minimum atomic E-state index is -0.511. The third-order valence-corrected chi connectivity index (χ3v) is 8.17. The molecule has 2 heterocycles. The van der Waals surface area contributed by atoms with E-state index in [1.807, 2.05) is 25.1 Å². The number of rotatable bonds is 5. The lowest BCUT2D eigenvalue weighted by molar-refractivity contribution is -0.116. The Labute approximate surface area is 211 Å². The molecule has 8 heteroatoms. The minimum absolute atomic E-state index is 0.200. The van der Waals surface area contributed by atoms with Gasteiger partial charge in [-0.2, -0.15) is 0 Å². The molecule has 0 atom stereocenters. The van der Waals surface area contributed by atoms with Crippen LogP contribution in [0, 0.1) is 6.92 Å². The van der Waals surface area contributed by atoms with E-state index in [4.69, 9.17) is 11.6 Å². The second-order valence-corrected chi connectivity index (χ2v) is 10.4. The van der Waals surface area contributed by atoms with Gasteiger partial charge in [0, 0.05) is 15.6 Å². The Morgan fingerprint density at radius 3 is 2.57 bits per heavy atom. The molecule has 1 N–H and O–H groups in total. The van der Waals surface area contributed by atoms with E-state index in [0.717, 1.165) is 53.7 Å². The first kappa shape index (κ1) is 23.6. The number of carbonyl (C=O) groups is 1. The van der Waals surface area contributed by atoms with Crippen molar-refractivity contribution in [1.82, 2.24) is 9.13 Å². The van der Waals surface area contributed by atoms with Crippen molar-refractivity contribution < 1.29 is 4.79 Å². The maximum Gasteiger partial charge on any atom is 0.337 e. The van der Waals surface area contributed by atoms with E-state index in [0.29, 0.717) is 26.6 Å². The summed E-state index contributed by atoms with van der Waals surface area (Å²) in [5, 5.41) is 3.96. The van der Waals surface area contributed by atoms with Crippen molar-refractivity contribution in [1.29, 1.82) is 0 Å². The van der Waals surface area contributed by atoms with Crippen LogP contribution < -0.4 is 16.6 Å². The summed E-state index contributed by atoms with van der Waals surface area (Å²) < 4.78 is 2.66. The lowest BCUT2D eigenvalue weighted by atomic mass is 9.97. The van der Waals surface area contributed by atoms with E-state index in [1.165, 1.54) is 20.5 Å². The van der Waals surface area contributed by atoms with Gasteiger partial charge in [-0.05, 0) is 80.0 Å². The number of aryl methyl sites for hydroxylation is 4. The summed E-state index contributed by atoms with van der Waals surface area (Å²) in [6, 6.07) is 12.7. The highest BCUT2D eigenvalue weighted by atomic mass is 35.5. The van der Waals surface area contributed by atoms with Gasteiger partial charge in [-0.25, -0.2) is 9.36 Å². The first-order chi connectivity index (χ1) is 16.9. The van der Waals surface area contributed by atoms with Crippen LogP contribution in [0.5, 0.6) is 0 Å². The Bertz CT molecular complexity index is 1560. The molecule has 4 aromatic rings. The number of carbonyl (C=O) groups excluding carboxylic acids is 1. The summed E-state index contributed by atoms with van der Waals surface area (Å²) in [5.74, 6) is -0.350. The highest BCUT2D eigenvalue weighted by Gasteiger charge is 2.25. The zero-order valence-corrected chi connectivity index (χ0v) is 21.3. The summed E-state index contributed by atoms with van der Waals surface area (Å²) in [6.07, 6.45) is 4.63. The summed E-state index contributed by atoms with van der Waals surface area (Å²) in [5.41, 5.74) is 3.30. The minimum Gasteiger partial charge on any atom is -0.324 e. The van der Waals surface area contributed by atoms with Gasteiger partial charge in [0.1, 0.15) is 11.4 Å². The van der Waals surface area contributed by atoms with Gasteiger partial charge in [-0.1, -0.05) is 36.7 Å². The number of nitrogens with zero attached hydrogens (tertiary/aromatic N) is 2. The molecule has 0 radical (unpaired) electrons. The van der Waals surface area contributed by atoms with Crippen LogP contribution in [0.2, 0.25) is 5.02 Å². The normalized spacial score (nSPS) is 13.1. The molecular formula is C27H26ClN3O3S. The first-order valence-corrected chi connectivity index (χ1v) is 13.0. The molecule has 1 aliphatic carbocycles. The summed E-state index contributed by atoms with van der Waals surface area (Å²) in [4.78, 5) is 42.2. The Morgan fingerprint density at radius 1 is 1.09 bits per heavy atom. The van der Waals surface area contributed by atoms with Crippen LogP contribution in [0.25, 0.3) is 15.9 Å². The molecule has 0 saturated carbocycles. The molecule has 0 aliphatic heterocycles. The van der Waals surface area contributed by atoms with Gasteiger partial charge in [-0.15, -0.1) is 11.3 Å². The van der Waals surface area contributed by atoms with Crippen molar-refractivity contribution in [2.24, 2.45) is 0 Å². The van der Waals surface area contributed by atoms with Crippen LogP contribution >= 0.6 is 22.9 Å². The zero-order chi connectivity index (χ0) is 24.7. The predicted octanol–water partition coefficient (Wildman–Crippen LogP) is 5.26. The van der Waals surface area contributed by atoms with Gasteiger partial charge in [-0.3, -0.25) is 14.2 Å². The molecule has 2 aromatic heterocycles. The molecule has 0 unspecified atom stereocenters. The van der Waals surface area contributed by atoms with Crippen LogP contribution in [0.3, 0.4) is 0 Å². The average Bonchev–Trinajstić information content (AvgIpc) is 3.24. The summed E-state index contributed by atoms with van der Waals surface area (Å²) >= 11 is 7.57. The highest BCUT2D eigenvalue weighted by Crippen LogP contribution is 2.34. The molecule has 0 bridgehead atoms. The number of halogens is 1. The third-order valence-electron chi connectivity index (χ3n) is 6.62. The Morgan fingerprint density at radius 2 is 1.83 bits per heavy atom. The highest BCUT2D eigenvalue weighted by molar-refractivity contribution is 7.18. The van der Waals surface area contributed by atoms with Crippen molar-refractivity contribution in [3.8, 4) is 5.69 Å². The van der Waals surface area contributed by atoms with Gasteiger partial charge >= 0.3 is 5.69 Å². The van der Waals surface area contributed by atoms with E-state index < -0.39 is 5.69 Å². The summed E-state index contributed by atoms with van der Waals surface area (Å²) in [7, 11) is 0. The lowest BCUT2D eigenvalue weighted by Gasteiger charge is -2.14. The fourth-order valence-electron chi connectivity index (χ4n) is 4.68. The Kier molecular flexibility index (Phi) is 6.38. The standard InChI is InChI=1S/C27H26ClN3O3S/c1-3-17-9-12-19(13-10-17)31-25(33)24-20-6-4-5-7-22(20)35-26(24)30(27(31)34)15-23(32)29-21-14-18(28)11-8-16(21)2/h8-14H,3-7,15H2,1-2H3,(H,29,32). The molecule has 6 nitrogen and oxygen atoms in total. The topological polar surface area (TPSA) is 73.1 Å². The van der Waals surface area contributed by atoms with Gasteiger partial charge in [0.2, 0.25) is 5.91 Å². The second kappa shape index (κ2) is 9.47. The van der Waals surface area contributed by atoms with Crippen LogP contribution in [-0.4, -0.2) is 15.0 Å². The number of aromatic nitrogens is 2. The lowest BCUT2D eigenvalue weighted by Crippen LogP contribution is -2.40. The van der Waals surface area contributed by atoms with Crippen molar-refractivity contribution in [2.45, 2.75) is 52.5 Å². The molecule has 1 amide bonds. The van der Waals surface area contributed by atoms with E-state index in [9.17, 15) is 14.4 Å². The molecule has 0 saturated heterocycles. The van der Waals surface area contributed by atoms with E-state index in [2.05, 4.69) is 12.2 Å². The zero-order valence-electron chi connectivity index (χ0n) is 19.7. The fourth-order valence-corrected chi connectivity index (χ4v) is 6.22. The number of thiophene rings is 1. The van der Waals surface area contributed by atoms with Crippen molar-refractivity contribution in [3.63, 3.8) is 0 Å². The maximum atomic E-state index is 13.7. The monoisotopic (exact) mass is 507 g/mol. The van der Waals surface area contributed by atoms with E-state index >= 15 is 0 Å². The second-order valence-electron chi connectivity index (χ2n) is 8.93. The largest absolute Gasteiger partial charge is 0.337 e. The Hall–Kier alpha value is -3.16. The number of hydrogen-bond donors (Lipinski definition) is 1. The van der Waals surface area contributed by atoms with Gasteiger partial charge in [0.25, 0.3) is 5.56 Å². The molecular weight excluding hydrogens is 482 g/mol. The predicted molar refractivity (Wildman–Crippen MR) is 143 cm³/mol. The maximum absolute atomic E-state index is 13.7. The van der Waals surface area contributed by atoms with Crippen molar-refractivity contribution in [3.05, 3.63) is 89.9 Å². The quantitative estimate of drug-likeness (QED) is 0.400. The van der Waals surface area contributed by atoms with Crippen LogP contribution in [0.15, 0.2) is 52.1 Å². The van der Waals surface area contributed by atoms with Crippen LogP contribution in [0.4, 0.5) is 5.69 Å². The molecule has 5 rings (SSSR count). The number of nitrogens with one attached hydrogen (secondary N) is 1. The van der Waals surface area contributed by atoms with Crippen molar-refractivity contribution >= 4 is 44.7 Å². The number of fused-ring (bicyclic) bond motifs is 3. The molecule has 35 heavy (non-hydrogen) atoms. The van der Waals surface area contributed by atoms with E-state index in [1.54, 1.807) is 24.3 Å². The van der Waals surface area contributed by atoms with Crippen molar-refractivity contribution in [2.75, 3.05) is 5.32 Å². The smallest absolute Gasteiger partial charge is 0.324 e. The number of hydrogen-bond acceptors (Lipinski definition) is 4. The van der Waals surface area contributed by atoms with Gasteiger partial charge in [0.15, 0.2) is 0 Å². The summed E-state index contributed by atoms with van der Waals surface area (Å²) in [6.45, 7) is 3.73. The SMILES string of the molecule is CCc1ccc(-n2c(=O)c3c4c(sc3n(CC(=O)Nc3cc(Cl)ccc3C)c2=O)CCCC4)cc1. The van der Waals surface area contributed by atoms with Gasteiger partial charge in [0.05, 0.1) is 11.1 Å². The molecule has 0 fully saturated rings. The van der Waals surface area contributed by atoms with Crippen LogP contribution in [-0.2, 0) is 30.6 Å². The first-order valence-electron chi connectivity index (χ1n) is 11.8. The van der Waals surface area contributed by atoms with Gasteiger partial charge < -0.3 is 5.32 Å². The molecule has 1 aliphatic rings. The third kappa shape index (κ3) is 4.34. The Balaban J connectivity index is 1.66.